The van der Waals surface area contributed by atoms with Crippen LogP contribution < -0.4 is 4.72 Å². The van der Waals surface area contributed by atoms with E-state index in [1.807, 2.05) is 20.8 Å². The van der Waals surface area contributed by atoms with Crippen molar-refractivity contribution < 1.29 is 17.9 Å². The lowest BCUT2D eigenvalue weighted by atomic mass is 9.89. The fraction of sp³-hybridized carbons (Fsp3) is 0.500. The van der Waals surface area contributed by atoms with Gasteiger partial charge in [-0.3, -0.25) is 0 Å². The van der Waals surface area contributed by atoms with Gasteiger partial charge in [0.2, 0.25) is 10.0 Å². The summed E-state index contributed by atoms with van der Waals surface area (Å²) in [6.45, 7) is 5.66. The Morgan fingerprint density at radius 2 is 2.05 bits per heavy atom. The molecule has 0 heterocycles. The molecule has 0 radical (unpaired) electrons. The number of nitriles is 1. The molecule has 1 rings (SSSR count). The molecule has 0 fully saturated rings. The van der Waals surface area contributed by atoms with Crippen LogP contribution in [0.4, 0.5) is 4.39 Å². The number of rotatable bonds is 5. The summed E-state index contributed by atoms with van der Waals surface area (Å²) < 4.78 is 39.5. The molecule has 7 heteroatoms. The third kappa shape index (κ3) is 5.42. The largest absolute Gasteiger partial charge is 0.392 e. The lowest BCUT2D eigenvalue weighted by Crippen LogP contribution is -2.34. The van der Waals surface area contributed by atoms with Crippen molar-refractivity contribution >= 4 is 10.0 Å². The summed E-state index contributed by atoms with van der Waals surface area (Å²) in [7, 11) is -3.89. The van der Waals surface area contributed by atoms with Gasteiger partial charge in [0, 0.05) is 6.54 Å². The van der Waals surface area contributed by atoms with Crippen LogP contribution in [0.5, 0.6) is 0 Å². The minimum Gasteiger partial charge on any atom is -0.392 e. The van der Waals surface area contributed by atoms with Gasteiger partial charge in [0.15, 0.2) is 0 Å². The molecule has 0 aliphatic carbocycles. The van der Waals surface area contributed by atoms with Crippen molar-refractivity contribution in [2.45, 2.75) is 38.2 Å². The molecule has 2 N–H and O–H groups in total. The van der Waals surface area contributed by atoms with Crippen molar-refractivity contribution in [3.05, 3.63) is 29.6 Å². The summed E-state index contributed by atoms with van der Waals surface area (Å²) in [5.41, 5.74) is -0.470. The zero-order chi connectivity index (χ0) is 16.3. The maximum Gasteiger partial charge on any atom is 0.240 e. The molecule has 1 aromatic rings. The first-order chi connectivity index (χ1) is 9.55. The van der Waals surface area contributed by atoms with Crippen LogP contribution in [0.3, 0.4) is 0 Å². The normalized spacial score (nSPS) is 13.7. The number of halogens is 1. The predicted octanol–water partition coefficient (Wildman–Crippen LogP) is 1.77. The Morgan fingerprint density at radius 1 is 1.43 bits per heavy atom. The monoisotopic (exact) mass is 314 g/mol. The highest BCUT2D eigenvalue weighted by Gasteiger charge is 2.21. The summed E-state index contributed by atoms with van der Waals surface area (Å²) in [5, 5.41) is 18.5. The van der Waals surface area contributed by atoms with Gasteiger partial charge in [-0.1, -0.05) is 20.8 Å². The lowest BCUT2D eigenvalue weighted by molar-refractivity contribution is 0.125. The van der Waals surface area contributed by atoms with Gasteiger partial charge in [-0.05, 0) is 30.0 Å². The Labute approximate surface area is 124 Å². The van der Waals surface area contributed by atoms with E-state index in [-0.39, 0.29) is 22.4 Å². The molecule has 0 saturated carbocycles. The molecule has 0 spiro atoms. The summed E-state index contributed by atoms with van der Waals surface area (Å²) in [4.78, 5) is -0.205. The Balaban J connectivity index is 2.81. The number of benzene rings is 1. The van der Waals surface area contributed by atoms with Gasteiger partial charge in [-0.25, -0.2) is 17.5 Å². The van der Waals surface area contributed by atoms with E-state index >= 15 is 0 Å². The molecule has 0 amide bonds. The van der Waals surface area contributed by atoms with E-state index in [9.17, 15) is 17.9 Å². The smallest absolute Gasteiger partial charge is 0.240 e. The number of hydrogen-bond acceptors (Lipinski definition) is 4. The third-order valence-corrected chi connectivity index (χ3v) is 4.15. The second-order valence-electron chi connectivity index (χ2n) is 6.02. The van der Waals surface area contributed by atoms with Crippen LogP contribution in [0.25, 0.3) is 0 Å². The highest BCUT2D eigenvalue weighted by atomic mass is 32.2. The second kappa shape index (κ2) is 6.52. The van der Waals surface area contributed by atoms with E-state index in [4.69, 9.17) is 5.26 Å². The van der Waals surface area contributed by atoms with Crippen LogP contribution in [-0.4, -0.2) is 26.2 Å². The van der Waals surface area contributed by atoms with Crippen molar-refractivity contribution in [1.82, 2.24) is 4.72 Å². The fourth-order valence-electron chi connectivity index (χ4n) is 1.83. The van der Waals surface area contributed by atoms with Crippen molar-refractivity contribution in [3.8, 4) is 6.07 Å². The molecular weight excluding hydrogens is 295 g/mol. The topological polar surface area (TPSA) is 90.2 Å². The minimum atomic E-state index is -3.89. The quantitative estimate of drug-likeness (QED) is 0.866. The van der Waals surface area contributed by atoms with E-state index in [0.717, 1.165) is 18.2 Å². The first-order valence-electron chi connectivity index (χ1n) is 6.42. The third-order valence-electron chi connectivity index (χ3n) is 2.73. The summed E-state index contributed by atoms with van der Waals surface area (Å²) in [6.07, 6.45) is -0.391. The lowest BCUT2D eigenvalue weighted by Gasteiger charge is -2.22. The molecule has 5 nitrogen and oxygen atoms in total. The number of nitrogens with one attached hydrogen (secondary N) is 1. The molecule has 0 aromatic heterocycles. The molecule has 0 aliphatic rings. The number of aliphatic hydroxyl groups is 1. The second-order valence-corrected chi connectivity index (χ2v) is 7.79. The number of nitrogens with zero attached hydrogens (tertiary/aromatic N) is 1. The van der Waals surface area contributed by atoms with E-state index in [1.165, 1.54) is 0 Å². The van der Waals surface area contributed by atoms with Gasteiger partial charge < -0.3 is 5.11 Å². The van der Waals surface area contributed by atoms with Crippen molar-refractivity contribution in [2.75, 3.05) is 6.54 Å². The molecule has 21 heavy (non-hydrogen) atoms. The highest BCUT2D eigenvalue weighted by Crippen LogP contribution is 2.21. The zero-order valence-electron chi connectivity index (χ0n) is 12.2. The average molecular weight is 314 g/mol. The van der Waals surface area contributed by atoms with Crippen LogP contribution in [0.1, 0.15) is 32.8 Å². The Kier molecular flexibility index (Phi) is 5.45. The molecule has 0 aliphatic heterocycles. The van der Waals surface area contributed by atoms with Crippen molar-refractivity contribution in [3.63, 3.8) is 0 Å². The van der Waals surface area contributed by atoms with E-state index in [1.54, 1.807) is 6.07 Å². The first-order valence-corrected chi connectivity index (χ1v) is 7.91. The van der Waals surface area contributed by atoms with E-state index in [2.05, 4.69) is 4.72 Å². The van der Waals surface area contributed by atoms with Gasteiger partial charge in [0.1, 0.15) is 11.9 Å². The molecule has 1 atom stereocenters. The van der Waals surface area contributed by atoms with Crippen LogP contribution in [0.15, 0.2) is 23.1 Å². The standard InChI is InChI=1S/C14H19FN2O3S/c1-14(2,3)7-11(18)9-17-21(19,20)12-4-5-13(15)10(6-12)8-16/h4-6,11,17-18H,7,9H2,1-3H3. The summed E-state index contributed by atoms with van der Waals surface area (Å²) >= 11 is 0. The molecular formula is C14H19FN2O3S. The Bertz CT molecular complexity index is 645. The number of aliphatic hydroxyl groups excluding tert-OH is 1. The van der Waals surface area contributed by atoms with Crippen molar-refractivity contribution in [1.29, 1.82) is 5.26 Å². The van der Waals surface area contributed by atoms with Gasteiger partial charge in [0.05, 0.1) is 16.6 Å². The van der Waals surface area contributed by atoms with Gasteiger partial charge in [-0.15, -0.1) is 0 Å². The van der Waals surface area contributed by atoms with Gasteiger partial charge in [-0.2, -0.15) is 5.26 Å². The molecule has 0 bridgehead atoms. The average Bonchev–Trinajstić information content (AvgIpc) is 2.35. The maximum atomic E-state index is 13.2. The molecule has 1 unspecified atom stereocenters. The highest BCUT2D eigenvalue weighted by molar-refractivity contribution is 7.89. The summed E-state index contributed by atoms with van der Waals surface area (Å²) in [5.74, 6) is -0.774. The number of sulfonamides is 1. The Morgan fingerprint density at radius 3 is 2.57 bits per heavy atom. The molecule has 0 saturated heterocycles. The van der Waals surface area contributed by atoms with Crippen LogP contribution in [0, 0.1) is 22.6 Å². The van der Waals surface area contributed by atoms with E-state index in [0.29, 0.717) is 6.42 Å². The van der Waals surface area contributed by atoms with Crippen molar-refractivity contribution in [2.24, 2.45) is 5.41 Å². The first kappa shape index (κ1) is 17.6. The summed E-state index contributed by atoms with van der Waals surface area (Å²) in [6, 6.07) is 4.56. The predicted molar refractivity (Wildman–Crippen MR) is 76.4 cm³/mol. The van der Waals surface area contributed by atoms with E-state index < -0.39 is 21.9 Å². The Hall–Kier alpha value is -1.49. The van der Waals surface area contributed by atoms with Gasteiger partial charge >= 0.3 is 0 Å². The zero-order valence-corrected chi connectivity index (χ0v) is 13.0. The fourth-order valence-corrected chi connectivity index (χ4v) is 2.92. The van der Waals surface area contributed by atoms with Gasteiger partial charge in [0.25, 0.3) is 0 Å². The minimum absolute atomic E-state index is 0.130. The molecule has 1 aromatic carbocycles. The van der Waals surface area contributed by atoms with Crippen LogP contribution >= 0.6 is 0 Å². The van der Waals surface area contributed by atoms with Crippen LogP contribution in [0.2, 0.25) is 0 Å². The number of hydrogen-bond donors (Lipinski definition) is 2. The SMILES string of the molecule is CC(C)(C)CC(O)CNS(=O)(=O)c1ccc(F)c(C#N)c1. The maximum absolute atomic E-state index is 13.2. The molecule has 116 valence electrons. The van der Waals surface area contributed by atoms with Crippen LogP contribution in [-0.2, 0) is 10.0 Å².